The first-order valence-corrected chi connectivity index (χ1v) is 6.25. The molecular formula is C14H20N2O. The van der Waals surface area contributed by atoms with Crippen molar-refractivity contribution in [2.24, 2.45) is 5.92 Å². The summed E-state index contributed by atoms with van der Waals surface area (Å²) in [5.74, 6) is 0.830. The lowest BCUT2D eigenvalue weighted by Crippen LogP contribution is -2.37. The van der Waals surface area contributed by atoms with Crippen molar-refractivity contribution in [2.45, 2.75) is 26.3 Å². The summed E-state index contributed by atoms with van der Waals surface area (Å²) in [6.45, 7) is 5.62. The molecule has 1 heterocycles. The topological polar surface area (TPSA) is 32.3 Å². The molecule has 3 nitrogen and oxygen atoms in total. The highest BCUT2D eigenvalue weighted by Crippen LogP contribution is 2.22. The maximum Gasteiger partial charge on any atom is 0.242 e. The van der Waals surface area contributed by atoms with E-state index in [1.54, 1.807) is 0 Å². The molecular weight excluding hydrogens is 212 g/mol. The van der Waals surface area contributed by atoms with Crippen molar-refractivity contribution in [3.8, 4) is 0 Å². The minimum Gasteiger partial charge on any atom is -0.376 e. The van der Waals surface area contributed by atoms with Crippen LogP contribution in [-0.4, -0.2) is 29.9 Å². The van der Waals surface area contributed by atoms with Gasteiger partial charge in [-0.15, -0.1) is 0 Å². The van der Waals surface area contributed by atoms with E-state index in [1.165, 1.54) is 0 Å². The molecule has 1 aliphatic heterocycles. The lowest BCUT2D eigenvalue weighted by atomic mass is 10.1. The van der Waals surface area contributed by atoms with Crippen LogP contribution >= 0.6 is 0 Å². The molecule has 3 heteroatoms. The second-order valence-electron chi connectivity index (χ2n) is 4.96. The largest absolute Gasteiger partial charge is 0.376 e. The Hall–Kier alpha value is -1.51. The molecule has 1 N–H and O–H groups in total. The van der Waals surface area contributed by atoms with Crippen molar-refractivity contribution in [2.75, 3.05) is 18.4 Å². The first-order chi connectivity index (χ1) is 8.16. The minimum absolute atomic E-state index is 0.200. The molecule has 1 aromatic carbocycles. The van der Waals surface area contributed by atoms with Crippen molar-refractivity contribution < 1.29 is 4.79 Å². The number of para-hydroxylation sites is 1. The third-order valence-corrected chi connectivity index (χ3v) is 3.32. The van der Waals surface area contributed by atoms with Crippen LogP contribution in [0.1, 0.15) is 20.3 Å². The zero-order valence-corrected chi connectivity index (χ0v) is 10.5. The van der Waals surface area contributed by atoms with Crippen LogP contribution in [0, 0.1) is 5.92 Å². The van der Waals surface area contributed by atoms with Gasteiger partial charge in [0.2, 0.25) is 5.91 Å². The molecule has 1 fully saturated rings. The number of anilines is 1. The lowest BCUT2D eigenvalue weighted by molar-refractivity contribution is -0.129. The Labute approximate surface area is 103 Å². The van der Waals surface area contributed by atoms with Gasteiger partial charge >= 0.3 is 0 Å². The normalized spacial score (nSPS) is 23.8. The zero-order chi connectivity index (χ0) is 12.3. The van der Waals surface area contributed by atoms with Crippen molar-refractivity contribution >= 4 is 11.6 Å². The zero-order valence-electron chi connectivity index (χ0n) is 10.5. The van der Waals surface area contributed by atoms with Crippen molar-refractivity contribution in [1.29, 1.82) is 0 Å². The Morgan fingerprint density at radius 3 is 2.65 bits per heavy atom. The molecule has 0 radical (unpaired) electrons. The van der Waals surface area contributed by atoms with E-state index in [1.807, 2.05) is 35.2 Å². The molecule has 2 rings (SSSR count). The van der Waals surface area contributed by atoms with E-state index in [0.717, 1.165) is 18.7 Å². The van der Waals surface area contributed by atoms with Gasteiger partial charge in [0.15, 0.2) is 0 Å². The summed E-state index contributed by atoms with van der Waals surface area (Å²) in [6.07, 6.45) is 1.12. The van der Waals surface area contributed by atoms with Gasteiger partial charge in [0.25, 0.3) is 0 Å². The van der Waals surface area contributed by atoms with Gasteiger partial charge in [-0.3, -0.25) is 4.79 Å². The van der Waals surface area contributed by atoms with E-state index in [4.69, 9.17) is 0 Å². The molecule has 1 aliphatic rings. The number of nitrogens with one attached hydrogen (secondary N) is 1. The number of nitrogens with zero attached hydrogens (tertiary/aromatic N) is 1. The van der Waals surface area contributed by atoms with Crippen LogP contribution in [0.3, 0.4) is 0 Å². The molecule has 0 aromatic heterocycles. The van der Waals surface area contributed by atoms with E-state index in [0.29, 0.717) is 18.5 Å². The first kappa shape index (κ1) is 12.0. The molecule has 0 aliphatic carbocycles. The monoisotopic (exact) mass is 232 g/mol. The Morgan fingerprint density at radius 1 is 1.35 bits per heavy atom. The molecule has 0 bridgehead atoms. The van der Waals surface area contributed by atoms with Gasteiger partial charge < -0.3 is 10.2 Å². The van der Waals surface area contributed by atoms with Gasteiger partial charge in [0, 0.05) is 18.3 Å². The highest BCUT2D eigenvalue weighted by atomic mass is 16.2. The van der Waals surface area contributed by atoms with Crippen LogP contribution in [0.25, 0.3) is 0 Å². The number of carbonyl (C=O) groups excluding carboxylic acids is 1. The third-order valence-electron chi connectivity index (χ3n) is 3.32. The second kappa shape index (κ2) is 5.21. The van der Waals surface area contributed by atoms with Gasteiger partial charge in [-0.25, -0.2) is 0 Å². The van der Waals surface area contributed by atoms with E-state index < -0.39 is 0 Å². The van der Waals surface area contributed by atoms with Crippen LogP contribution in [0.15, 0.2) is 30.3 Å². The number of hydrogen-bond acceptors (Lipinski definition) is 2. The van der Waals surface area contributed by atoms with E-state index in [-0.39, 0.29) is 5.91 Å². The molecule has 92 valence electrons. The molecule has 2 unspecified atom stereocenters. The number of carbonyl (C=O) groups is 1. The molecule has 0 saturated carbocycles. The maximum absolute atomic E-state index is 12.0. The average molecular weight is 232 g/mol. The van der Waals surface area contributed by atoms with E-state index >= 15 is 0 Å². The fourth-order valence-electron chi connectivity index (χ4n) is 2.48. The van der Waals surface area contributed by atoms with Gasteiger partial charge in [-0.1, -0.05) is 25.1 Å². The van der Waals surface area contributed by atoms with Gasteiger partial charge in [-0.05, 0) is 31.4 Å². The quantitative estimate of drug-likeness (QED) is 0.867. The summed E-state index contributed by atoms with van der Waals surface area (Å²) in [4.78, 5) is 14.0. The van der Waals surface area contributed by atoms with E-state index in [2.05, 4.69) is 19.2 Å². The molecule has 0 spiro atoms. The van der Waals surface area contributed by atoms with E-state index in [9.17, 15) is 4.79 Å². The number of amides is 1. The predicted octanol–water partition coefficient (Wildman–Crippen LogP) is 2.36. The van der Waals surface area contributed by atoms with Gasteiger partial charge in [-0.2, -0.15) is 0 Å². The molecule has 1 saturated heterocycles. The number of benzene rings is 1. The predicted molar refractivity (Wildman–Crippen MR) is 69.9 cm³/mol. The Morgan fingerprint density at radius 2 is 2.06 bits per heavy atom. The summed E-state index contributed by atoms with van der Waals surface area (Å²) in [7, 11) is 0. The lowest BCUT2D eigenvalue weighted by Gasteiger charge is -2.21. The van der Waals surface area contributed by atoms with Crippen molar-refractivity contribution in [3.05, 3.63) is 30.3 Å². The number of rotatable bonds is 3. The number of likely N-dealkylation sites (tertiary alicyclic amines) is 1. The fourth-order valence-corrected chi connectivity index (χ4v) is 2.48. The first-order valence-electron chi connectivity index (χ1n) is 6.25. The molecule has 1 amide bonds. The Bertz CT molecular complexity index is 377. The third kappa shape index (κ3) is 2.99. The Kier molecular flexibility index (Phi) is 3.67. The summed E-state index contributed by atoms with van der Waals surface area (Å²) in [5.41, 5.74) is 1.00. The molecule has 2 atom stereocenters. The average Bonchev–Trinajstić information content (AvgIpc) is 2.67. The van der Waals surface area contributed by atoms with Crippen LogP contribution in [0.2, 0.25) is 0 Å². The summed E-state index contributed by atoms with van der Waals surface area (Å²) < 4.78 is 0. The van der Waals surface area contributed by atoms with Crippen LogP contribution in [-0.2, 0) is 4.79 Å². The van der Waals surface area contributed by atoms with Gasteiger partial charge in [0.05, 0.1) is 6.54 Å². The minimum atomic E-state index is 0.200. The fraction of sp³-hybridized carbons (Fsp3) is 0.500. The Balaban J connectivity index is 1.86. The molecule has 17 heavy (non-hydrogen) atoms. The standard InChI is InChI=1S/C14H20N2O/c1-11-8-12(2)16(10-11)14(17)9-15-13-6-4-3-5-7-13/h3-7,11-12,15H,8-10H2,1-2H3. The summed E-state index contributed by atoms with van der Waals surface area (Å²) in [5, 5.41) is 3.17. The van der Waals surface area contributed by atoms with Crippen LogP contribution < -0.4 is 5.32 Å². The van der Waals surface area contributed by atoms with Crippen LogP contribution in [0.5, 0.6) is 0 Å². The maximum atomic E-state index is 12.0. The highest BCUT2D eigenvalue weighted by molar-refractivity contribution is 5.81. The van der Waals surface area contributed by atoms with Crippen molar-refractivity contribution in [1.82, 2.24) is 4.90 Å². The summed E-state index contributed by atoms with van der Waals surface area (Å²) >= 11 is 0. The summed E-state index contributed by atoms with van der Waals surface area (Å²) in [6, 6.07) is 10.2. The van der Waals surface area contributed by atoms with Gasteiger partial charge in [0.1, 0.15) is 0 Å². The smallest absolute Gasteiger partial charge is 0.242 e. The number of hydrogen-bond donors (Lipinski definition) is 1. The molecule has 1 aromatic rings. The van der Waals surface area contributed by atoms with Crippen LogP contribution in [0.4, 0.5) is 5.69 Å². The van der Waals surface area contributed by atoms with Crippen molar-refractivity contribution in [3.63, 3.8) is 0 Å². The SMILES string of the molecule is CC1CC(C)N(C(=O)CNc2ccccc2)C1. The second-order valence-corrected chi connectivity index (χ2v) is 4.96. The highest BCUT2D eigenvalue weighted by Gasteiger charge is 2.29.